The summed E-state index contributed by atoms with van der Waals surface area (Å²) >= 11 is 0. The zero-order valence-electron chi connectivity index (χ0n) is 9.15. The molecular weight excluding hydrogens is 234 g/mol. The molecule has 0 spiro atoms. The van der Waals surface area contributed by atoms with E-state index in [1.807, 2.05) is 0 Å². The van der Waals surface area contributed by atoms with Crippen LogP contribution in [-0.4, -0.2) is 6.54 Å². The number of halogens is 4. The van der Waals surface area contributed by atoms with Gasteiger partial charge in [0.05, 0.1) is 5.56 Å². The molecule has 0 bridgehead atoms. The van der Waals surface area contributed by atoms with Crippen LogP contribution in [0.15, 0.2) is 18.2 Å². The maximum atomic E-state index is 13.7. The third-order valence-corrected chi connectivity index (χ3v) is 3.55. The van der Waals surface area contributed by atoms with Gasteiger partial charge in [0.1, 0.15) is 5.82 Å². The van der Waals surface area contributed by atoms with Crippen molar-refractivity contribution in [3.63, 3.8) is 0 Å². The van der Waals surface area contributed by atoms with Crippen LogP contribution in [0, 0.1) is 5.82 Å². The predicted molar refractivity (Wildman–Crippen MR) is 56.0 cm³/mol. The van der Waals surface area contributed by atoms with E-state index in [4.69, 9.17) is 5.73 Å². The number of hydrogen-bond donors (Lipinski definition) is 1. The number of benzene rings is 1. The highest BCUT2D eigenvalue weighted by Gasteiger charge is 2.46. The predicted octanol–water partition coefficient (Wildman–Crippen LogP) is 3.22. The van der Waals surface area contributed by atoms with Crippen molar-refractivity contribution in [3.8, 4) is 0 Å². The lowest BCUT2D eigenvalue weighted by atomic mass is 9.63. The van der Waals surface area contributed by atoms with Crippen molar-refractivity contribution in [2.45, 2.75) is 30.9 Å². The molecule has 1 saturated carbocycles. The molecule has 0 saturated heterocycles. The molecule has 0 unspecified atom stereocenters. The van der Waals surface area contributed by atoms with E-state index in [1.165, 1.54) is 0 Å². The average Bonchev–Trinajstić information content (AvgIpc) is 2.17. The van der Waals surface area contributed by atoms with Crippen LogP contribution < -0.4 is 5.73 Å². The largest absolute Gasteiger partial charge is 0.416 e. The molecule has 1 aromatic rings. The van der Waals surface area contributed by atoms with Crippen molar-refractivity contribution in [1.82, 2.24) is 0 Å². The monoisotopic (exact) mass is 247 g/mol. The number of alkyl halides is 3. The van der Waals surface area contributed by atoms with Gasteiger partial charge >= 0.3 is 6.18 Å². The molecular formula is C12H13F4N. The fourth-order valence-corrected chi connectivity index (χ4v) is 2.46. The molecule has 0 amide bonds. The lowest BCUT2D eigenvalue weighted by Gasteiger charge is -2.42. The molecule has 2 N–H and O–H groups in total. The number of rotatable bonds is 2. The summed E-state index contributed by atoms with van der Waals surface area (Å²) in [5, 5.41) is 0. The second-order valence-corrected chi connectivity index (χ2v) is 4.50. The quantitative estimate of drug-likeness (QED) is 0.798. The van der Waals surface area contributed by atoms with Gasteiger partial charge in [-0.15, -0.1) is 0 Å². The summed E-state index contributed by atoms with van der Waals surface area (Å²) in [6.45, 7) is 0.0526. The maximum Gasteiger partial charge on any atom is 0.416 e. The molecule has 1 aliphatic carbocycles. The van der Waals surface area contributed by atoms with Crippen LogP contribution in [0.2, 0.25) is 0 Å². The first-order valence-electron chi connectivity index (χ1n) is 5.47. The molecule has 1 aliphatic rings. The molecule has 2 rings (SSSR count). The molecule has 0 heterocycles. The Morgan fingerprint density at radius 2 is 1.88 bits per heavy atom. The Morgan fingerprint density at radius 1 is 1.24 bits per heavy atom. The van der Waals surface area contributed by atoms with E-state index in [9.17, 15) is 17.6 Å². The Labute approximate surface area is 96.6 Å². The molecule has 0 atom stereocenters. The smallest absolute Gasteiger partial charge is 0.330 e. The topological polar surface area (TPSA) is 26.0 Å². The van der Waals surface area contributed by atoms with E-state index in [2.05, 4.69) is 0 Å². The normalized spacial score (nSPS) is 18.9. The van der Waals surface area contributed by atoms with Crippen LogP contribution in [0.1, 0.15) is 30.4 Å². The summed E-state index contributed by atoms with van der Waals surface area (Å²) in [6.07, 6.45) is -2.70. The van der Waals surface area contributed by atoms with Gasteiger partial charge < -0.3 is 5.73 Å². The molecule has 94 valence electrons. The van der Waals surface area contributed by atoms with Gasteiger partial charge in [-0.2, -0.15) is 13.2 Å². The molecule has 0 radical (unpaired) electrons. The number of nitrogens with two attached hydrogens (primary N) is 1. The summed E-state index contributed by atoms with van der Waals surface area (Å²) in [7, 11) is 0. The van der Waals surface area contributed by atoms with E-state index in [1.54, 1.807) is 0 Å². The van der Waals surface area contributed by atoms with Crippen molar-refractivity contribution in [2.75, 3.05) is 6.54 Å². The molecule has 1 fully saturated rings. The molecule has 1 aromatic carbocycles. The van der Waals surface area contributed by atoms with Crippen LogP contribution >= 0.6 is 0 Å². The summed E-state index contributed by atoms with van der Waals surface area (Å²) in [6, 6.07) is 3.08. The van der Waals surface area contributed by atoms with Crippen molar-refractivity contribution in [1.29, 1.82) is 0 Å². The molecule has 17 heavy (non-hydrogen) atoms. The summed E-state index contributed by atoms with van der Waals surface area (Å²) in [5.41, 5.74) is 3.59. The highest BCUT2D eigenvalue weighted by atomic mass is 19.4. The zero-order chi connectivity index (χ0) is 12.7. The minimum Gasteiger partial charge on any atom is -0.330 e. The van der Waals surface area contributed by atoms with Crippen LogP contribution in [-0.2, 0) is 11.6 Å². The van der Waals surface area contributed by atoms with Gasteiger partial charge in [0.25, 0.3) is 0 Å². The minimum atomic E-state index is -4.53. The first kappa shape index (κ1) is 12.4. The summed E-state index contributed by atoms with van der Waals surface area (Å²) in [5.74, 6) is -0.801. The molecule has 0 aromatic heterocycles. The van der Waals surface area contributed by atoms with Crippen LogP contribution in [0.3, 0.4) is 0 Å². The molecule has 0 aliphatic heterocycles. The maximum absolute atomic E-state index is 13.7. The standard InChI is InChI=1S/C12H13F4N/c13-9-4-1-3-8(12(14,15)16)10(9)11(7-17)5-2-6-11/h1,3-4H,2,5-7,17H2. The highest BCUT2D eigenvalue weighted by molar-refractivity contribution is 5.39. The lowest BCUT2D eigenvalue weighted by molar-refractivity contribution is -0.139. The molecule has 5 heteroatoms. The average molecular weight is 247 g/mol. The second-order valence-electron chi connectivity index (χ2n) is 4.50. The van der Waals surface area contributed by atoms with Gasteiger partial charge in [0, 0.05) is 17.5 Å². The molecule has 1 nitrogen and oxygen atoms in total. The van der Waals surface area contributed by atoms with Crippen molar-refractivity contribution in [2.24, 2.45) is 5.73 Å². The third kappa shape index (κ3) is 1.92. The first-order valence-corrected chi connectivity index (χ1v) is 5.47. The fraction of sp³-hybridized carbons (Fsp3) is 0.500. The van der Waals surface area contributed by atoms with Gasteiger partial charge in [-0.1, -0.05) is 12.5 Å². The van der Waals surface area contributed by atoms with E-state index >= 15 is 0 Å². The van der Waals surface area contributed by atoms with Crippen molar-refractivity contribution in [3.05, 3.63) is 35.1 Å². The van der Waals surface area contributed by atoms with Gasteiger partial charge in [-0.25, -0.2) is 4.39 Å². The first-order chi connectivity index (χ1) is 7.91. The summed E-state index contributed by atoms with van der Waals surface area (Å²) < 4.78 is 52.3. The SMILES string of the molecule is NCC1(c2c(F)cccc2C(F)(F)F)CCC1. The van der Waals surface area contributed by atoms with E-state index in [-0.39, 0.29) is 12.1 Å². The van der Waals surface area contributed by atoms with Gasteiger partial charge in [-0.05, 0) is 25.0 Å². The Balaban J connectivity index is 2.59. The zero-order valence-corrected chi connectivity index (χ0v) is 9.15. The Morgan fingerprint density at radius 3 is 2.29 bits per heavy atom. The van der Waals surface area contributed by atoms with Gasteiger partial charge in [-0.3, -0.25) is 0 Å². The van der Waals surface area contributed by atoms with Crippen molar-refractivity contribution < 1.29 is 17.6 Å². The second kappa shape index (κ2) is 3.98. The minimum absolute atomic E-state index is 0.0526. The van der Waals surface area contributed by atoms with E-state index < -0.39 is 23.0 Å². The van der Waals surface area contributed by atoms with Crippen LogP contribution in [0.5, 0.6) is 0 Å². The van der Waals surface area contributed by atoms with Gasteiger partial charge in [0.15, 0.2) is 0 Å². The Hall–Kier alpha value is -1.10. The number of hydrogen-bond acceptors (Lipinski definition) is 1. The third-order valence-electron chi connectivity index (χ3n) is 3.55. The fourth-order valence-electron chi connectivity index (χ4n) is 2.46. The van der Waals surface area contributed by atoms with Crippen LogP contribution in [0.25, 0.3) is 0 Å². The Kier molecular flexibility index (Phi) is 2.89. The lowest BCUT2D eigenvalue weighted by Crippen LogP contribution is -2.43. The van der Waals surface area contributed by atoms with Crippen molar-refractivity contribution >= 4 is 0 Å². The highest BCUT2D eigenvalue weighted by Crippen LogP contribution is 2.48. The Bertz CT molecular complexity index is 415. The van der Waals surface area contributed by atoms with Gasteiger partial charge in [0.2, 0.25) is 0 Å². The van der Waals surface area contributed by atoms with Crippen LogP contribution in [0.4, 0.5) is 17.6 Å². The van der Waals surface area contributed by atoms with E-state index in [0.717, 1.165) is 24.6 Å². The summed E-state index contributed by atoms with van der Waals surface area (Å²) in [4.78, 5) is 0. The van der Waals surface area contributed by atoms with E-state index in [0.29, 0.717) is 12.8 Å².